The minimum absolute atomic E-state index is 0.160. The topological polar surface area (TPSA) is 70.2 Å². The van der Waals surface area contributed by atoms with Crippen molar-refractivity contribution in [3.63, 3.8) is 0 Å². The van der Waals surface area contributed by atoms with Crippen molar-refractivity contribution in [1.82, 2.24) is 16.0 Å². The predicted octanol–water partition coefficient (Wildman–Crippen LogP) is 0.587. The molecule has 0 aliphatic carbocycles. The van der Waals surface area contributed by atoms with E-state index < -0.39 is 6.04 Å². The Hall–Kier alpha value is -1.88. The number of nitrogens with one attached hydrogen (secondary N) is 3. The highest BCUT2D eigenvalue weighted by molar-refractivity contribution is 5.98. The van der Waals surface area contributed by atoms with Crippen molar-refractivity contribution >= 4 is 11.8 Å². The summed E-state index contributed by atoms with van der Waals surface area (Å²) in [5.74, 6) is -0.338. The fraction of sp³-hybridized carbons (Fsp3) is 0.467. The van der Waals surface area contributed by atoms with Gasteiger partial charge in [-0.25, -0.2) is 0 Å². The molecule has 1 aliphatic rings. The molecular weight excluding hydrogens is 254 g/mol. The van der Waals surface area contributed by atoms with Crippen molar-refractivity contribution in [3.05, 3.63) is 34.9 Å². The second kappa shape index (κ2) is 6.52. The number of fused-ring (bicyclic) bond motifs is 1. The second-order valence-electron chi connectivity index (χ2n) is 4.96. The summed E-state index contributed by atoms with van der Waals surface area (Å²) in [6, 6.07) is 5.22. The zero-order valence-electron chi connectivity index (χ0n) is 12.0. The largest absolute Gasteiger partial charge is 0.355 e. The summed E-state index contributed by atoms with van der Waals surface area (Å²) in [5.41, 5.74) is 2.93. The molecule has 1 unspecified atom stereocenters. The number of benzene rings is 1. The summed E-state index contributed by atoms with van der Waals surface area (Å²) in [7, 11) is 0. The Kier molecular flexibility index (Phi) is 4.74. The Bertz CT molecular complexity index is 514. The number of likely N-dealkylation sites (N-methyl/N-ethyl adjacent to an activating group) is 1. The van der Waals surface area contributed by atoms with Gasteiger partial charge >= 0.3 is 0 Å². The van der Waals surface area contributed by atoms with Crippen LogP contribution >= 0.6 is 0 Å². The Balaban J connectivity index is 2.12. The van der Waals surface area contributed by atoms with Crippen molar-refractivity contribution in [2.45, 2.75) is 32.9 Å². The molecule has 1 aromatic rings. The van der Waals surface area contributed by atoms with E-state index in [1.807, 2.05) is 25.1 Å². The van der Waals surface area contributed by atoms with Gasteiger partial charge in [0.25, 0.3) is 5.91 Å². The summed E-state index contributed by atoms with van der Waals surface area (Å²) in [4.78, 5) is 24.0. The molecule has 5 heteroatoms. The third kappa shape index (κ3) is 3.17. The monoisotopic (exact) mass is 275 g/mol. The fourth-order valence-electron chi connectivity index (χ4n) is 2.41. The molecule has 0 radical (unpaired) electrons. The van der Waals surface area contributed by atoms with Gasteiger partial charge in [-0.1, -0.05) is 12.1 Å². The molecule has 0 spiro atoms. The summed E-state index contributed by atoms with van der Waals surface area (Å²) in [6.45, 7) is 5.78. The van der Waals surface area contributed by atoms with E-state index in [0.29, 0.717) is 12.1 Å². The van der Waals surface area contributed by atoms with Crippen LogP contribution in [-0.4, -0.2) is 30.9 Å². The molecule has 1 aliphatic heterocycles. The molecule has 1 atom stereocenters. The SMILES string of the molecule is CCNC(=O)C(C)NC(=O)c1cccc2c1CCNC2. The van der Waals surface area contributed by atoms with E-state index in [2.05, 4.69) is 16.0 Å². The van der Waals surface area contributed by atoms with Crippen molar-refractivity contribution < 1.29 is 9.59 Å². The van der Waals surface area contributed by atoms with Gasteiger partial charge < -0.3 is 16.0 Å². The lowest BCUT2D eigenvalue weighted by Crippen LogP contribution is -2.45. The van der Waals surface area contributed by atoms with E-state index in [0.717, 1.165) is 30.6 Å². The molecule has 1 heterocycles. The average Bonchev–Trinajstić information content (AvgIpc) is 2.46. The molecule has 5 nitrogen and oxygen atoms in total. The van der Waals surface area contributed by atoms with Gasteiger partial charge in [-0.3, -0.25) is 9.59 Å². The summed E-state index contributed by atoms with van der Waals surface area (Å²) in [6.07, 6.45) is 0.842. The maximum atomic E-state index is 12.3. The molecule has 3 N–H and O–H groups in total. The van der Waals surface area contributed by atoms with Crippen LogP contribution in [0, 0.1) is 0 Å². The van der Waals surface area contributed by atoms with Crippen LogP contribution in [0.25, 0.3) is 0 Å². The highest BCUT2D eigenvalue weighted by Gasteiger charge is 2.20. The van der Waals surface area contributed by atoms with Gasteiger partial charge in [-0.05, 0) is 44.0 Å². The standard InChI is InChI=1S/C15H21N3O2/c1-3-17-14(19)10(2)18-15(20)13-6-4-5-11-9-16-8-7-12(11)13/h4-6,10,16H,3,7-9H2,1-2H3,(H,17,19)(H,18,20). The number of amides is 2. The lowest BCUT2D eigenvalue weighted by molar-refractivity contribution is -0.122. The van der Waals surface area contributed by atoms with Gasteiger partial charge in [-0.2, -0.15) is 0 Å². The number of hydrogen-bond acceptors (Lipinski definition) is 3. The van der Waals surface area contributed by atoms with Crippen molar-refractivity contribution in [1.29, 1.82) is 0 Å². The quantitative estimate of drug-likeness (QED) is 0.753. The second-order valence-corrected chi connectivity index (χ2v) is 4.96. The Morgan fingerprint density at radius 1 is 1.40 bits per heavy atom. The molecule has 0 aromatic heterocycles. The molecule has 0 saturated heterocycles. The highest BCUT2D eigenvalue weighted by Crippen LogP contribution is 2.18. The molecule has 0 saturated carbocycles. The molecule has 108 valence electrons. The first-order chi connectivity index (χ1) is 9.63. The van der Waals surface area contributed by atoms with E-state index >= 15 is 0 Å². The minimum atomic E-state index is -0.528. The minimum Gasteiger partial charge on any atom is -0.355 e. The summed E-state index contributed by atoms with van der Waals surface area (Å²) < 4.78 is 0. The highest BCUT2D eigenvalue weighted by atomic mass is 16.2. The summed E-state index contributed by atoms with van der Waals surface area (Å²) in [5, 5.41) is 8.75. The fourth-order valence-corrected chi connectivity index (χ4v) is 2.41. The molecule has 20 heavy (non-hydrogen) atoms. The van der Waals surface area contributed by atoms with Gasteiger partial charge in [0.05, 0.1) is 0 Å². The van der Waals surface area contributed by atoms with Crippen LogP contribution in [0.3, 0.4) is 0 Å². The Morgan fingerprint density at radius 3 is 2.95 bits per heavy atom. The van der Waals surface area contributed by atoms with Crippen LogP contribution in [-0.2, 0) is 17.8 Å². The number of hydrogen-bond donors (Lipinski definition) is 3. The molecule has 2 rings (SSSR count). The van der Waals surface area contributed by atoms with E-state index in [9.17, 15) is 9.59 Å². The number of carbonyl (C=O) groups excluding carboxylic acids is 2. The number of rotatable bonds is 4. The predicted molar refractivity (Wildman–Crippen MR) is 77.5 cm³/mol. The zero-order valence-corrected chi connectivity index (χ0v) is 12.0. The lowest BCUT2D eigenvalue weighted by atomic mass is 9.95. The van der Waals surface area contributed by atoms with Crippen molar-refractivity contribution in [3.8, 4) is 0 Å². The van der Waals surface area contributed by atoms with Crippen LogP contribution in [0.5, 0.6) is 0 Å². The maximum Gasteiger partial charge on any atom is 0.252 e. The Morgan fingerprint density at radius 2 is 2.20 bits per heavy atom. The van der Waals surface area contributed by atoms with E-state index in [1.165, 1.54) is 0 Å². The van der Waals surface area contributed by atoms with Crippen LogP contribution in [0.1, 0.15) is 35.3 Å². The first-order valence-electron chi connectivity index (χ1n) is 7.03. The molecule has 2 amide bonds. The van der Waals surface area contributed by atoms with Crippen molar-refractivity contribution in [2.75, 3.05) is 13.1 Å². The maximum absolute atomic E-state index is 12.3. The van der Waals surface area contributed by atoms with Gasteiger partial charge in [0.15, 0.2) is 0 Å². The van der Waals surface area contributed by atoms with Gasteiger partial charge in [0.1, 0.15) is 6.04 Å². The summed E-state index contributed by atoms with van der Waals surface area (Å²) >= 11 is 0. The van der Waals surface area contributed by atoms with Gasteiger partial charge in [0, 0.05) is 18.7 Å². The van der Waals surface area contributed by atoms with Crippen molar-refractivity contribution in [2.24, 2.45) is 0 Å². The zero-order chi connectivity index (χ0) is 14.5. The number of carbonyl (C=O) groups is 2. The smallest absolute Gasteiger partial charge is 0.252 e. The van der Waals surface area contributed by atoms with E-state index in [-0.39, 0.29) is 11.8 Å². The first kappa shape index (κ1) is 14.5. The molecule has 0 bridgehead atoms. The molecular formula is C15H21N3O2. The van der Waals surface area contributed by atoms with Gasteiger partial charge in [-0.15, -0.1) is 0 Å². The third-order valence-electron chi connectivity index (χ3n) is 3.48. The normalized spacial score (nSPS) is 15.1. The van der Waals surface area contributed by atoms with Crippen LogP contribution < -0.4 is 16.0 Å². The van der Waals surface area contributed by atoms with E-state index in [1.54, 1.807) is 6.92 Å². The third-order valence-corrected chi connectivity index (χ3v) is 3.48. The Labute approximate surface area is 119 Å². The average molecular weight is 275 g/mol. The first-order valence-corrected chi connectivity index (χ1v) is 7.03. The van der Waals surface area contributed by atoms with Crippen LogP contribution in [0.2, 0.25) is 0 Å². The van der Waals surface area contributed by atoms with Gasteiger partial charge in [0.2, 0.25) is 5.91 Å². The van der Waals surface area contributed by atoms with Crippen LogP contribution in [0.15, 0.2) is 18.2 Å². The van der Waals surface area contributed by atoms with Crippen LogP contribution in [0.4, 0.5) is 0 Å². The molecule has 1 aromatic carbocycles. The molecule has 0 fully saturated rings. The lowest BCUT2D eigenvalue weighted by Gasteiger charge is -2.21. The van der Waals surface area contributed by atoms with E-state index in [4.69, 9.17) is 0 Å².